The first-order valence-corrected chi connectivity index (χ1v) is 6.73. The van der Waals surface area contributed by atoms with Gasteiger partial charge < -0.3 is 9.84 Å². The van der Waals surface area contributed by atoms with E-state index < -0.39 is 0 Å². The number of phenols is 1. The Morgan fingerprint density at radius 1 is 1.50 bits per heavy atom. The Morgan fingerprint density at radius 3 is 2.78 bits per heavy atom. The molecule has 2 rings (SSSR count). The Morgan fingerprint density at radius 2 is 2.22 bits per heavy atom. The maximum Gasteiger partial charge on any atom is 0.178 e. The van der Waals surface area contributed by atoms with Gasteiger partial charge >= 0.3 is 0 Å². The number of rotatable bonds is 3. The first-order valence-electron chi connectivity index (χ1n) is 5.06. The molecule has 0 radical (unpaired) electrons. The molecular weight excluding hydrogens is 318 g/mol. The normalized spacial score (nSPS) is 10.4. The lowest BCUT2D eigenvalue weighted by molar-refractivity contribution is 0.101. The van der Waals surface area contributed by atoms with Crippen LogP contribution in [0.5, 0.6) is 11.5 Å². The lowest BCUT2D eigenvalue weighted by Gasteiger charge is -2.07. The van der Waals surface area contributed by atoms with Crippen molar-refractivity contribution >= 4 is 33.0 Å². The minimum atomic E-state index is -0.0673. The lowest BCUT2D eigenvalue weighted by Crippen LogP contribution is -1.91. The van der Waals surface area contributed by atoms with Gasteiger partial charge in [0.25, 0.3) is 0 Å². The number of halogens is 1. The van der Waals surface area contributed by atoms with Gasteiger partial charge in [-0.3, -0.25) is 4.79 Å². The number of Topliss-reactive ketones (excluding diaryl/α,β-unsaturated/α-hetero) is 1. The summed E-state index contributed by atoms with van der Waals surface area (Å²) in [6.07, 6.45) is 0. The standard InChI is InChI=1S/C12H10BrNO3S/c1-6(15)9-5-18-12(14-9)7-3-8(13)11(16)10(4-7)17-2/h3-5,16H,1-2H3. The molecule has 6 heteroatoms. The summed E-state index contributed by atoms with van der Waals surface area (Å²) >= 11 is 4.63. The van der Waals surface area contributed by atoms with Crippen LogP contribution in [0.3, 0.4) is 0 Å². The van der Waals surface area contributed by atoms with Gasteiger partial charge in [-0.2, -0.15) is 0 Å². The van der Waals surface area contributed by atoms with Crippen LogP contribution in [0, 0.1) is 0 Å². The molecule has 4 nitrogen and oxygen atoms in total. The number of thiazole rings is 1. The second-order valence-electron chi connectivity index (χ2n) is 3.60. The number of aromatic nitrogens is 1. The van der Waals surface area contributed by atoms with E-state index in [9.17, 15) is 9.90 Å². The number of hydrogen-bond acceptors (Lipinski definition) is 5. The van der Waals surface area contributed by atoms with E-state index in [0.29, 0.717) is 20.9 Å². The van der Waals surface area contributed by atoms with Crippen molar-refractivity contribution in [2.45, 2.75) is 6.92 Å². The van der Waals surface area contributed by atoms with E-state index in [1.54, 1.807) is 17.5 Å². The van der Waals surface area contributed by atoms with Gasteiger partial charge in [-0.25, -0.2) is 4.98 Å². The zero-order valence-corrected chi connectivity index (χ0v) is 12.1. The van der Waals surface area contributed by atoms with Crippen LogP contribution in [0.15, 0.2) is 22.0 Å². The molecule has 0 unspecified atom stereocenters. The summed E-state index contributed by atoms with van der Waals surface area (Å²) in [5.41, 5.74) is 1.23. The molecule has 0 atom stereocenters. The second kappa shape index (κ2) is 5.07. The predicted octanol–water partition coefficient (Wildman–Crippen LogP) is 3.49. The highest BCUT2D eigenvalue weighted by molar-refractivity contribution is 9.10. The van der Waals surface area contributed by atoms with Crippen LogP contribution in [0.25, 0.3) is 10.6 Å². The molecule has 0 bridgehead atoms. The van der Waals surface area contributed by atoms with E-state index in [1.165, 1.54) is 25.4 Å². The number of aromatic hydroxyl groups is 1. The van der Waals surface area contributed by atoms with Gasteiger partial charge in [0.15, 0.2) is 17.3 Å². The largest absolute Gasteiger partial charge is 0.503 e. The summed E-state index contributed by atoms with van der Waals surface area (Å²) in [5, 5.41) is 12.1. The molecular formula is C12H10BrNO3S. The molecule has 0 amide bonds. The van der Waals surface area contributed by atoms with Gasteiger partial charge in [-0.1, -0.05) is 0 Å². The van der Waals surface area contributed by atoms with Crippen molar-refractivity contribution in [3.05, 3.63) is 27.7 Å². The van der Waals surface area contributed by atoms with Crippen molar-refractivity contribution in [1.29, 1.82) is 0 Å². The number of ether oxygens (including phenoxy) is 1. The van der Waals surface area contributed by atoms with Gasteiger partial charge in [0, 0.05) is 17.9 Å². The third-order valence-corrected chi connectivity index (χ3v) is 3.86. The van der Waals surface area contributed by atoms with E-state index in [2.05, 4.69) is 20.9 Å². The zero-order chi connectivity index (χ0) is 13.3. The Hall–Kier alpha value is -1.40. The Bertz CT molecular complexity index is 609. The predicted molar refractivity (Wildman–Crippen MR) is 73.5 cm³/mol. The van der Waals surface area contributed by atoms with Gasteiger partial charge in [0.05, 0.1) is 11.6 Å². The second-order valence-corrected chi connectivity index (χ2v) is 5.32. The maximum absolute atomic E-state index is 11.2. The first-order chi connectivity index (χ1) is 8.52. The van der Waals surface area contributed by atoms with Crippen molar-refractivity contribution in [3.63, 3.8) is 0 Å². The highest BCUT2D eigenvalue weighted by Crippen LogP contribution is 2.39. The number of hydrogen-bond donors (Lipinski definition) is 1. The third kappa shape index (κ3) is 2.39. The molecule has 1 heterocycles. The quantitative estimate of drug-likeness (QED) is 0.876. The third-order valence-electron chi connectivity index (χ3n) is 2.36. The van der Waals surface area contributed by atoms with Gasteiger partial charge in [0.1, 0.15) is 10.7 Å². The average Bonchev–Trinajstić information content (AvgIpc) is 2.82. The topological polar surface area (TPSA) is 59.4 Å². The maximum atomic E-state index is 11.2. The summed E-state index contributed by atoms with van der Waals surface area (Å²) in [6, 6.07) is 3.42. The highest BCUT2D eigenvalue weighted by Gasteiger charge is 2.13. The van der Waals surface area contributed by atoms with E-state index in [1.807, 2.05) is 0 Å². The summed E-state index contributed by atoms with van der Waals surface area (Å²) in [4.78, 5) is 15.4. The first kappa shape index (κ1) is 13.0. The van der Waals surface area contributed by atoms with E-state index >= 15 is 0 Å². The highest BCUT2D eigenvalue weighted by atomic mass is 79.9. The summed E-state index contributed by atoms with van der Waals surface area (Å²) in [6.45, 7) is 1.48. The van der Waals surface area contributed by atoms with E-state index in [-0.39, 0.29) is 11.5 Å². The number of carbonyl (C=O) groups excluding carboxylic acids is 1. The molecule has 1 aromatic carbocycles. The number of phenolic OH excluding ortho intramolecular Hbond substituents is 1. The summed E-state index contributed by atoms with van der Waals surface area (Å²) in [5.74, 6) is 0.339. The van der Waals surface area contributed by atoms with E-state index in [0.717, 1.165) is 5.56 Å². The molecule has 0 spiro atoms. The van der Waals surface area contributed by atoms with Crippen LogP contribution in [-0.4, -0.2) is 23.0 Å². The Balaban J connectivity index is 2.50. The van der Waals surface area contributed by atoms with E-state index in [4.69, 9.17) is 4.74 Å². The van der Waals surface area contributed by atoms with Crippen molar-refractivity contribution in [1.82, 2.24) is 4.98 Å². The van der Waals surface area contributed by atoms with Crippen LogP contribution in [0.1, 0.15) is 17.4 Å². The molecule has 2 aromatic rings. The van der Waals surface area contributed by atoms with Gasteiger partial charge in [-0.05, 0) is 28.1 Å². The van der Waals surface area contributed by atoms with Crippen LogP contribution in [0.2, 0.25) is 0 Å². The fraction of sp³-hybridized carbons (Fsp3) is 0.167. The number of methoxy groups -OCH3 is 1. The molecule has 0 saturated carbocycles. The number of benzene rings is 1. The average molecular weight is 328 g/mol. The van der Waals surface area contributed by atoms with Crippen LogP contribution in [0.4, 0.5) is 0 Å². The molecule has 0 aliphatic carbocycles. The van der Waals surface area contributed by atoms with Crippen molar-refractivity contribution in [2.75, 3.05) is 7.11 Å². The Labute approximate surface area is 116 Å². The van der Waals surface area contributed by atoms with Crippen molar-refractivity contribution in [2.24, 2.45) is 0 Å². The molecule has 1 aromatic heterocycles. The molecule has 1 N–H and O–H groups in total. The fourth-order valence-electron chi connectivity index (χ4n) is 1.42. The molecule has 0 saturated heterocycles. The molecule has 0 fully saturated rings. The lowest BCUT2D eigenvalue weighted by atomic mass is 10.2. The molecule has 0 aliphatic rings. The summed E-state index contributed by atoms with van der Waals surface area (Å²) < 4.78 is 5.60. The SMILES string of the molecule is COc1cc(-c2nc(C(C)=O)cs2)cc(Br)c1O. The number of carbonyl (C=O) groups is 1. The van der Waals surface area contributed by atoms with Crippen molar-refractivity contribution < 1.29 is 14.6 Å². The minimum absolute atomic E-state index is 0.0459. The van der Waals surface area contributed by atoms with Gasteiger partial charge in [0.2, 0.25) is 0 Å². The van der Waals surface area contributed by atoms with Gasteiger partial charge in [-0.15, -0.1) is 11.3 Å². The van der Waals surface area contributed by atoms with Crippen LogP contribution in [-0.2, 0) is 0 Å². The zero-order valence-electron chi connectivity index (χ0n) is 9.73. The summed E-state index contributed by atoms with van der Waals surface area (Å²) in [7, 11) is 1.48. The Kier molecular flexibility index (Phi) is 3.68. The fourth-order valence-corrected chi connectivity index (χ4v) is 2.71. The van der Waals surface area contributed by atoms with Crippen LogP contribution < -0.4 is 4.74 Å². The van der Waals surface area contributed by atoms with Crippen LogP contribution >= 0.6 is 27.3 Å². The number of ketones is 1. The van der Waals surface area contributed by atoms with Crippen molar-refractivity contribution in [3.8, 4) is 22.1 Å². The molecule has 0 aliphatic heterocycles. The monoisotopic (exact) mass is 327 g/mol. The molecule has 18 heavy (non-hydrogen) atoms. The minimum Gasteiger partial charge on any atom is -0.503 e. The number of nitrogens with zero attached hydrogens (tertiary/aromatic N) is 1. The molecule has 94 valence electrons. The smallest absolute Gasteiger partial charge is 0.178 e.